The summed E-state index contributed by atoms with van der Waals surface area (Å²) in [5.74, 6) is 0.541. The Hall–Kier alpha value is -2.03. The van der Waals surface area contributed by atoms with E-state index in [1.807, 2.05) is 6.92 Å². The fraction of sp³-hybridized carbons (Fsp3) is 0.238. The molecule has 0 aliphatic heterocycles. The summed E-state index contributed by atoms with van der Waals surface area (Å²) in [6.45, 7) is 6.43. The molecule has 4 rings (SSSR count). The van der Waals surface area contributed by atoms with Crippen molar-refractivity contribution in [1.82, 2.24) is 9.97 Å². The van der Waals surface area contributed by atoms with E-state index in [4.69, 9.17) is 4.74 Å². The zero-order valence-electron chi connectivity index (χ0n) is 14.7. The summed E-state index contributed by atoms with van der Waals surface area (Å²) in [6, 6.07) is 16.2. The molecule has 1 aliphatic carbocycles. The van der Waals surface area contributed by atoms with Crippen LogP contribution in [0.2, 0.25) is 0 Å². The first-order valence-corrected chi connectivity index (χ1v) is 8.06. The Morgan fingerprint density at radius 2 is 1.84 bits per heavy atom. The number of aromatic nitrogens is 2. The Kier molecular flexibility index (Phi) is 4.52. The molecule has 2 aromatic carbocycles. The molecule has 0 bridgehead atoms. The number of hydrogen-bond donors (Lipinski definition) is 0. The zero-order valence-corrected chi connectivity index (χ0v) is 17.1. The second kappa shape index (κ2) is 6.36. The molecule has 3 nitrogen and oxygen atoms in total. The molecular formula is C21H19IrN2O-. The fourth-order valence-electron chi connectivity index (χ4n) is 3.56. The molecule has 0 amide bonds. The van der Waals surface area contributed by atoms with E-state index in [0.717, 1.165) is 17.0 Å². The maximum absolute atomic E-state index is 5.42. The summed E-state index contributed by atoms with van der Waals surface area (Å²) < 4.78 is 5.42. The predicted octanol–water partition coefficient (Wildman–Crippen LogP) is 4.56. The first-order chi connectivity index (χ1) is 11.5. The molecule has 129 valence electrons. The molecule has 0 unspecified atom stereocenters. The second-order valence-corrected chi connectivity index (χ2v) is 6.71. The molecule has 0 saturated carbocycles. The SMILES string of the molecule is COc1nc(C)cnc1-c1[c-]cc2c(c1)C(C)(C)c1ccccc1-2.[Ir]. The molecule has 0 saturated heterocycles. The fourth-order valence-corrected chi connectivity index (χ4v) is 3.56. The van der Waals surface area contributed by atoms with Gasteiger partial charge in [0.1, 0.15) is 0 Å². The van der Waals surface area contributed by atoms with E-state index in [1.54, 1.807) is 13.3 Å². The van der Waals surface area contributed by atoms with Crippen molar-refractivity contribution in [2.24, 2.45) is 0 Å². The Morgan fingerprint density at radius 1 is 1.08 bits per heavy atom. The van der Waals surface area contributed by atoms with Crippen LogP contribution in [0.25, 0.3) is 22.4 Å². The van der Waals surface area contributed by atoms with Crippen molar-refractivity contribution < 1.29 is 24.8 Å². The van der Waals surface area contributed by atoms with Crippen molar-refractivity contribution in [1.29, 1.82) is 0 Å². The molecule has 25 heavy (non-hydrogen) atoms. The van der Waals surface area contributed by atoms with Crippen LogP contribution in [0.15, 0.2) is 42.6 Å². The first-order valence-electron chi connectivity index (χ1n) is 8.06. The monoisotopic (exact) mass is 508 g/mol. The van der Waals surface area contributed by atoms with Crippen molar-refractivity contribution in [2.45, 2.75) is 26.2 Å². The van der Waals surface area contributed by atoms with Gasteiger partial charge in [-0.1, -0.05) is 49.2 Å². The number of ether oxygens (including phenoxy) is 1. The summed E-state index contributed by atoms with van der Waals surface area (Å²) in [5.41, 5.74) is 7.64. The molecule has 1 radical (unpaired) electrons. The Morgan fingerprint density at radius 3 is 2.60 bits per heavy atom. The quantitative estimate of drug-likeness (QED) is 0.477. The van der Waals surface area contributed by atoms with Gasteiger partial charge in [-0.25, -0.2) is 4.98 Å². The van der Waals surface area contributed by atoms with Gasteiger partial charge in [-0.05, 0) is 17.9 Å². The van der Waals surface area contributed by atoms with Crippen molar-refractivity contribution in [3.8, 4) is 28.3 Å². The van der Waals surface area contributed by atoms with E-state index in [0.29, 0.717) is 5.88 Å². The van der Waals surface area contributed by atoms with Crippen LogP contribution in [0, 0.1) is 13.0 Å². The molecule has 0 spiro atoms. The van der Waals surface area contributed by atoms with Crippen molar-refractivity contribution in [3.63, 3.8) is 0 Å². The molecule has 0 N–H and O–H groups in total. The van der Waals surface area contributed by atoms with Gasteiger partial charge in [-0.2, -0.15) is 0 Å². The van der Waals surface area contributed by atoms with Gasteiger partial charge in [-0.15, -0.1) is 29.3 Å². The standard InChI is InChI=1S/C21H19N2O.Ir/c1-13-12-22-19(20(23-13)24-4)14-9-10-16-15-7-5-6-8-17(15)21(2,3)18(16)11-14;/h5-8,10-12H,1-4H3;/q-1;. The molecule has 4 heteroatoms. The van der Waals surface area contributed by atoms with Gasteiger partial charge in [0.25, 0.3) is 0 Å². The predicted molar refractivity (Wildman–Crippen MR) is 95.2 cm³/mol. The van der Waals surface area contributed by atoms with E-state index < -0.39 is 0 Å². The van der Waals surface area contributed by atoms with E-state index in [1.165, 1.54) is 22.3 Å². The summed E-state index contributed by atoms with van der Waals surface area (Å²) in [7, 11) is 1.63. The third kappa shape index (κ3) is 2.70. The van der Waals surface area contributed by atoms with Gasteiger partial charge >= 0.3 is 0 Å². The van der Waals surface area contributed by atoms with E-state index >= 15 is 0 Å². The van der Waals surface area contributed by atoms with Gasteiger partial charge in [0.15, 0.2) is 5.88 Å². The summed E-state index contributed by atoms with van der Waals surface area (Å²) in [5, 5.41) is 0. The van der Waals surface area contributed by atoms with Crippen LogP contribution in [-0.2, 0) is 25.5 Å². The third-order valence-corrected chi connectivity index (χ3v) is 4.82. The molecule has 0 atom stereocenters. The van der Waals surface area contributed by atoms with Crippen molar-refractivity contribution >= 4 is 0 Å². The van der Waals surface area contributed by atoms with Crippen LogP contribution >= 0.6 is 0 Å². The van der Waals surface area contributed by atoms with Crippen molar-refractivity contribution in [3.05, 3.63) is 65.5 Å². The van der Waals surface area contributed by atoms with E-state index in [9.17, 15) is 0 Å². The van der Waals surface area contributed by atoms with Crippen LogP contribution in [0.3, 0.4) is 0 Å². The number of methoxy groups -OCH3 is 1. The largest absolute Gasteiger partial charge is 0.486 e. The van der Waals surface area contributed by atoms with E-state index in [2.05, 4.69) is 66.3 Å². The topological polar surface area (TPSA) is 35.0 Å². The van der Waals surface area contributed by atoms with Crippen LogP contribution in [0.5, 0.6) is 5.88 Å². The van der Waals surface area contributed by atoms with Crippen LogP contribution in [0.1, 0.15) is 30.7 Å². The maximum Gasteiger partial charge on any atom is 0.194 e. The number of fused-ring (bicyclic) bond motifs is 3. The molecule has 0 fully saturated rings. The average Bonchev–Trinajstić information content (AvgIpc) is 2.83. The Balaban J connectivity index is 0.00000182. The van der Waals surface area contributed by atoms with Gasteiger partial charge in [0, 0.05) is 32.0 Å². The second-order valence-electron chi connectivity index (χ2n) is 6.71. The van der Waals surface area contributed by atoms with Gasteiger partial charge in [0.05, 0.1) is 12.8 Å². The Labute approximate surface area is 161 Å². The summed E-state index contributed by atoms with van der Waals surface area (Å²) >= 11 is 0. The molecule has 3 aromatic rings. The van der Waals surface area contributed by atoms with Gasteiger partial charge in [-0.3, -0.25) is 4.98 Å². The molecule has 1 aliphatic rings. The number of benzene rings is 2. The van der Waals surface area contributed by atoms with Crippen molar-refractivity contribution in [2.75, 3.05) is 7.11 Å². The number of nitrogens with zero attached hydrogens (tertiary/aromatic N) is 2. The van der Waals surface area contributed by atoms with E-state index in [-0.39, 0.29) is 25.5 Å². The Bertz CT molecular complexity index is 950. The average molecular weight is 508 g/mol. The van der Waals surface area contributed by atoms with Gasteiger partial charge in [0.2, 0.25) is 0 Å². The normalized spacial score (nSPS) is 13.6. The van der Waals surface area contributed by atoms with Gasteiger partial charge < -0.3 is 4.74 Å². The molecular weight excluding hydrogens is 488 g/mol. The number of hydrogen-bond acceptors (Lipinski definition) is 3. The minimum absolute atomic E-state index is 0. The van der Waals surface area contributed by atoms with Crippen LogP contribution < -0.4 is 4.74 Å². The number of rotatable bonds is 2. The minimum Gasteiger partial charge on any atom is -0.486 e. The molecule has 1 aromatic heterocycles. The smallest absolute Gasteiger partial charge is 0.194 e. The zero-order chi connectivity index (χ0) is 16.9. The summed E-state index contributed by atoms with van der Waals surface area (Å²) in [4.78, 5) is 8.96. The minimum atomic E-state index is -0.0405. The molecule has 1 heterocycles. The maximum atomic E-state index is 5.42. The third-order valence-electron chi connectivity index (χ3n) is 4.82. The van der Waals surface area contributed by atoms with Crippen LogP contribution in [-0.4, -0.2) is 17.1 Å². The van der Waals surface area contributed by atoms with Crippen LogP contribution in [0.4, 0.5) is 0 Å². The summed E-state index contributed by atoms with van der Waals surface area (Å²) in [6.07, 6.45) is 1.76. The number of aryl methyl sites for hydroxylation is 1. The first kappa shape index (κ1) is 17.8.